The minimum absolute atomic E-state index is 0.0838. The minimum atomic E-state index is -1.01. The van der Waals surface area contributed by atoms with Crippen LogP contribution in [0.5, 0.6) is 0 Å². The largest absolute Gasteiger partial charge is 0.480 e. The van der Waals surface area contributed by atoms with E-state index in [0.717, 1.165) is 44.9 Å². The molecule has 0 fully saturated rings. The van der Waals surface area contributed by atoms with E-state index in [4.69, 9.17) is 10.5 Å². The van der Waals surface area contributed by atoms with Crippen molar-refractivity contribution in [1.29, 1.82) is 0 Å². The summed E-state index contributed by atoms with van der Waals surface area (Å²) in [4.78, 5) is 36.3. The van der Waals surface area contributed by atoms with E-state index in [1.54, 1.807) is 0 Å². The Morgan fingerprint density at radius 3 is 1.50 bits per heavy atom. The van der Waals surface area contributed by atoms with Gasteiger partial charge in [-0.25, -0.2) is 4.79 Å². The van der Waals surface area contributed by atoms with E-state index >= 15 is 0 Å². The maximum Gasteiger partial charge on any atom is 0.326 e. The first-order valence-corrected chi connectivity index (χ1v) is 21.5. The lowest BCUT2D eigenvalue weighted by molar-refractivity contribution is -0.147. The maximum atomic E-state index is 12.7. The fourth-order valence-electron chi connectivity index (χ4n) is 6.54. The molecule has 0 spiro atoms. The number of unbranched alkanes of at least 4 members (excludes halogenated alkanes) is 25. The van der Waals surface area contributed by atoms with Gasteiger partial charge < -0.3 is 20.9 Å². The molecule has 2 atom stereocenters. The Morgan fingerprint density at radius 1 is 0.580 bits per heavy atom. The summed E-state index contributed by atoms with van der Waals surface area (Å²) in [7, 11) is 0. The highest BCUT2D eigenvalue weighted by Gasteiger charge is 2.19. The van der Waals surface area contributed by atoms with Crippen LogP contribution >= 0.6 is 0 Å². The molecule has 50 heavy (non-hydrogen) atoms. The highest BCUT2D eigenvalue weighted by atomic mass is 16.5. The van der Waals surface area contributed by atoms with E-state index < -0.39 is 12.0 Å². The van der Waals surface area contributed by atoms with Gasteiger partial charge in [0.05, 0.1) is 0 Å². The van der Waals surface area contributed by atoms with Crippen molar-refractivity contribution >= 4 is 17.8 Å². The Kier molecular flexibility index (Phi) is 36.9. The number of aliphatic carboxylic acids is 1. The summed E-state index contributed by atoms with van der Waals surface area (Å²) in [5.41, 5.74) is 5.48. The number of ether oxygens (including phenoxy) is 1. The molecule has 4 N–H and O–H groups in total. The molecule has 0 bridgehead atoms. The van der Waals surface area contributed by atoms with Crippen molar-refractivity contribution in [3.05, 3.63) is 12.2 Å². The van der Waals surface area contributed by atoms with Crippen LogP contribution in [0.1, 0.15) is 226 Å². The van der Waals surface area contributed by atoms with Crippen LogP contribution in [-0.2, 0) is 19.1 Å². The van der Waals surface area contributed by atoms with Crippen LogP contribution in [0.3, 0.4) is 0 Å². The van der Waals surface area contributed by atoms with Crippen molar-refractivity contribution in [2.75, 3.05) is 6.54 Å². The third-order valence-corrected chi connectivity index (χ3v) is 9.82. The molecule has 0 radical (unpaired) electrons. The third-order valence-electron chi connectivity index (χ3n) is 9.82. The van der Waals surface area contributed by atoms with Gasteiger partial charge in [-0.3, -0.25) is 9.59 Å². The number of hydrogen-bond acceptors (Lipinski definition) is 5. The second-order valence-corrected chi connectivity index (χ2v) is 14.8. The minimum Gasteiger partial charge on any atom is -0.480 e. The number of nitrogens with one attached hydrogen (secondary N) is 1. The molecule has 0 saturated carbocycles. The van der Waals surface area contributed by atoms with E-state index in [2.05, 4.69) is 31.3 Å². The number of rotatable bonds is 39. The predicted octanol–water partition coefficient (Wildman–Crippen LogP) is 11.9. The quantitative estimate of drug-likeness (QED) is 0.0332. The molecule has 0 aromatic rings. The first-order valence-electron chi connectivity index (χ1n) is 21.5. The van der Waals surface area contributed by atoms with Crippen molar-refractivity contribution in [2.24, 2.45) is 5.73 Å². The highest BCUT2D eigenvalue weighted by Crippen LogP contribution is 2.17. The normalized spacial score (nSPS) is 12.7. The second kappa shape index (κ2) is 38.3. The van der Waals surface area contributed by atoms with E-state index in [1.165, 1.54) is 135 Å². The Hall–Kier alpha value is -1.89. The van der Waals surface area contributed by atoms with Gasteiger partial charge in [0.2, 0.25) is 5.91 Å². The zero-order valence-corrected chi connectivity index (χ0v) is 33.0. The van der Waals surface area contributed by atoms with Gasteiger partial charge in [0, 0.05) is 12.8 Å². The molecule has 7 heteroatoms. The molecule has 0 heterocycles. The van der Waals surface area contributed by atoms with Crippen molar-refractivity contribution in [1.82, 2.24) is 5.32 Å². The van der Waals surface area contributed by atoms with Crippen LogP contribution in [0.2, 0.25) is 0 Å². The first-order chi connectivity index (χ1) is 24.4. The van der Waals surface area contributed by atoms with Crippen LogP contribution in [-0.4, -0.2) is 41.6 Å². The van der Waals surface area contributed by atoms with Gasteiger partial charge in [-0.05, 0) is 64.0 Å². The van der Waals surface area contributed by atoms with Crippen LogP contribution < -0.4 is 11.1 Å². The number of allylic oxidation sites excluding steroid dienone is 1. The van der Waals surface area contributed by atoms with Crippen LogP contribution in [0.15, 0.2) is 12.2 Å². The Bertz CT molecular complexity index is 802. The maximum absolute atomic E-state index is 12.7. The van der Waals surface area contributed by atoms with Crippen molar-refractivity contribution < 1.29 is 24.2 Å². The molecular weight excluding hydrogens is 624 g/mol. The van der Waals surface area contributed by atoms with E-state index in [-0.39, 0.29) is 18.0 Å². The van der Waals surface area contributed by atoms with E-state index in [9.17, 15) is 19.5 Å². The summed E-state index contributed by atoms with van der Waals surface area (Å²) in [6.07, 6.45) is 41.3. The first kappa shape index (κ1) is 48.1. The number of carbonyl (C=O) groups excluding carboxylic acids is 2. The molecule has 0 aliphatic rings. The van der Waals surface area contributed by atoms with E-state index in [0.29, 0.717) is 38.6 Å². The number of carboxylic acid groups (broad SMARTS) is 1. The van der Waals surface area contributed by atoms with Crippen LogP contribution in [0.25, 0.3) is 0 Å². The Morgan fingerprint density at radius 2 is 1.02 bits per heavy atom. The lowest BCUT2D eigenvalue weighted by Gasteiger charge is -2.15. The number of esters is 1. The van der Waals surface area contributed by atoms with Crippen molar-refractivity contribution in [3.8, 4) is 0 Å². The SMILES string of the molecule is CCCCCCCC/C=C\C(CCCCCCC(=O)NC(CCCN)C(=O)O)OC(=O)CCCCCCCCCCCCCCCCCCC. The molecule has 0 aliphatic heterocycles. The molecule has 1 amide bonds. The summed E-state index contributed by atoms with van der Waals surface area (Å²) in [5, 5.41) is 11.9. The fraction of sp³-hybridized carbons (Fsp3) is 0.884. The fourth-order valence-corrected chi connectivity index (χ4v) is 6.54. The molecule has 0 rings (SSSR count). The number of carboxylic acids is 1. The predicted molar refractivity (Wildman–Crippen MR) is 211 cm³/mol. The van der Waals surface area contributed by atoms with Gasteiger partial charge in [0.1, 0.15) is 12.1 Å². The topological polar surface area (TPSA) is 119 Å². The lowest BCUT2D eigenvalue weighted by atomic mass is 10.0. The van der Waals surface area contributed by atoms with E-state index in [1.807, 2.05) is 0 Å². The zero-order chi connectivity index (χ0) is 36.8. The average molecular weight is 707 g/mol. The van der Waals surface area contributed by atoms with Crippen molar-refractivity contribution in [2.45, 2.75) is 238 Å². The van der Waals surface area contributed by atoms with Crippen molar-refractivity contribution in [3.63, 3.8) is 0 Å². The summed E-state index contributed by atoms with van der Waals surface area (Å²) in [5.74, 6) is -1.32. The van der Waals surface area contributed by atoms with Crippen LogP contribution in [0.4, 0.5) is 0 Å². The highest BCUT2D eigenvalue weighted by molar-refractivity contribution is 5.83. The molecule has 294 valence electrons. The lowest BCUT2D eigenvalue weighted by Crippen LogP contribution is -2.40. The number of nitrogens with two attached hydrogens (primary N) is 1. The van der Waals surface area contributed by atoms with Gasteiger partial charge >= 0.3 is 11.9 Å². The van der Waals surface area contributed by atoms with Gasteiger partial charge in [0.15, 0.2) is 0 Å². The standard InChI is InChI=1S/C43H82N2O5/c1-3-5-7-9-11-13-14-15-16-17-18-19-20-21-23-25-31-37-42(47)50-39(33-28-24-22-12-10-8-6-4-2)34-29-26-27-30-36-41(46)45-40(43(48)49)35-32-38-44/h28,33,39-40H,3-27,29-32,34-38,44H2,1-2H3,(H,45,46)(H,48,49)/b33-28-. The summed E-state index contributed by atoms with van der Waals surface area (Å²) in [6.45, 7) is 4.93. The zero-order valence-electron chi connectivity index (χ0n) is 33.0. The van der Waals surface area contributed by atoms with Gasteiger partial charge in [-0.2, -0.15) is 0 Å². The second-order valence-electron chi connectivity index (χ2n) is 14.8. The summed E-state index contributed by atoms with van der Waals surface area (Å²) >= 11 is 0. The molecular formula is C43H82N2O5. The molecule has 2 unspecified atom stereocenters. The molecule has 0 aliphatic carbocycles. The number of amides is 1. The van der Waals surface area contributed by atoms with Crippen LogP contribution in [0, 0.1) is 0 Å². The van der Waals surface area contributed by atoms with Gasteiger partial charge in [-0.15, -0.1) is 0 Å². The number of hydrogen-bond donors (Lipinski definition) is 3. The number of carbonyl (C=O) groups is 3. The monoisotopic (exact) mass is 707 g/mol. The molecule has 0 saturated heterocycles. The molecule has 0 aromatic heterocycles. The summed E-state index contributed by atoms with van der Waals surface area (Å²) < 4.78 is 5.93. The molecule has 7 nitrogen and oxygen atoms in total. The Balaban J connectivity index is 4.19. The Labute approximate surface area is 309 Å². The smallest absolute Gasteiger partial charge is 0.326 e. The van der Waals surface area contributed by atoms with Gasteiger partial charge in [0.25, 0.3) is 0 Å². The third kappa shape index (κ3) is 34.6. The van der Waals surface area contributed by atoms with Gasteiger partial charge in [-0.1, -0.05) is 168 Å². The summed E-state index contributed by atoms with van der Waals surface area (Å²) in [6, 6.07) is -0.867. The average Bonchev–Trinajstić information content (AvgIpc) is 3.10. The molecule has 0 aromatic carbocycles.